The number of carbonyl (C=O) groups excluding carboxylic acids is 2. The number of hydrogen-bond acceptors (Lipinski definition) is 3. The smallest absolute Gasteiger partial charge is 0.410 e. The molecular formula is C14H23NO3. The molecule has 4 nitrogen and oxygen atoms in total. The van der Waals surface area contributed by atoms with Crippen molar-refractivity contribution in [1.82, 2.24) is 4.90 Å². The highest BCUT2D eigenvalue weighted by Gasteiger charge is 2.35. The third-order valence-corrected chi connectivity index (χ3v) is 3.49. The standard InChI is InChI=1S/C14H23NO3/c1-14(2,3)18-13(17)15-7-6-12(16)11(9-15)8-10-4-5-10/h10-11H,4-9H2,1-3H3. The minimum atomic E-state index is -0.468. The van der Waals surface area contributed by atoms with Gasteiger partial charge in [0.25, 0.3) is 0 Å². The monoisotopic (exact) mass is 253 g/mol. The minimum Gasteiger partial charge on any atom is -0.444 e. The average molecular weight is 253 g/mol. The lowest BCUT2D eigenvalue weighted by Gasteiger charge is -2.33. The van der Waals surface area contributed by atoms with Gasteiger partial charge in [-0.1, -0.05) is 12.8 Å². The van der Waals surface area contributed by atoms with Crippen molar-refractivity contribution in [3.63, 3.8) is 0 Å². The van der Waals surface area contributed by atoms with Crippen molar-refractivity contribution < 1.29 is 14.3 Å². The van der Waals surface area contributed by atoms with Crippen LogP contribution in [0.3, 0.4) is 0 Å². The topological polar surface area (TPSA) is 46.6 Å². The van der Waals surface area contributed by atoms with Gasteiger partial charge in [0.05, 0.1) is 0 Å². The zero-order valence-electron chi connectivity index (χ0n) is 11.6. The second-order valence-electron chi connectivity index (χ2n) is 6.52. The number of ketones is 1. The van der Waals surface area contributed by atoms with Crippen LogP contribution >= 0.6 is 0 Å². The molecule has 0 bridgehead atoms. The van der Waals surface area contributed by atoms with E-state index in [9.17, 15) is 9.59 Å². The van der Waals surface area contributed by atoms with Crippen LogP contribution < -0.4 is 0 Å². The summed E-state index contributed by atoms with van der Waals surface area (Å²) in [5, 5.41) is 0. The number of rotatable bonds is 2. The summed E-state index contributed by atoms with van der Waals surface area (Å²) >= 11 is 0. The van der Waals surface area contributed by atoms with E-state index in [1.54, 1.807) is 4.90 Å². The molecule has 1 saturated carbocycles. The van der Waals surface area contributed by atoms with Crippen LogP contribution in [0.5, 0.6) is 0 Å². The van der Waals surface area contributed by atoms with Crippen LogP contribution in [0, 0.1) is 11.8 Å². The molecule has 2 fully saturated rings. The van der Waals surface area contributed by atoms with Gasteiger partial charge in [0.15, 0.2) is 0 Å². The Morgan fingerprint density at radius 1 is 1.39 bits per heavy atom. The molecule has 0 aromatic carbocycles. The highest BCUT2D eigenvalue weighted by molar-refractivity contribution is 5.84. The molecule has 102 valence electrons. The zero-order valence-corrected chi connectivity index (χ0v) is 11.6. The van der Waals surface area contributed by atoms with E-state index in [1.165, 1.54) is 12.8 Å². The second-order valence-corrected chi connectivity index (χ2v) is 6.52. The maximum Gasteiger partial charge on any atom is 0.410 e. The molecule has 1 unspecified atom stereocenters. The van der Waals surface area contributed by atoms with Crippen LogP contribution in [-0.4, -0.2) is 35.5 Å². The van der Waals surface area contributed by atoms with Crippen LogP contribution in [-0.2, 0) is 9.53 Å². The first-order chi connectivity index (χ1) is 8.35. The van der Waals surface area contributed by atoms with Crippen molar-refractivity contribution in [3.05, 3.63) is 0 Å². The van der Waals surface area contributed by atoms with E-state index >= 15 is 0 Å². The largest absolute Gasteiger partial charge is 0.444 e. The Morgan fingerprint density at radius 3 is 2.61 bits per heavy atom. The van der Waals surface area contributed by atoms with Gasteiger partial charge in [-0.25, -0.2) is 4.79 Å². The molecule has 2 rings (SSSR count). The molecular weight excluding hydrogens is 230 g/mol. The predicted octanol–water partition coefficient (Wildman–Crippen LogP) is 2.61. The fourth-order valence-corrected chi connectivity index (χ4v) is 2.36. The number of ether oxygens (including phenoxy) is 1. The molecule has 0 aromatic rings. The zero-order chi connectivity index (χ0) is 13.3. The molecule has 0 aromatic heterocycles. The third-order valence-electron chi connectivity index (χ3n) is 3.49. The van der Waals surface area contributed by atoms with Gasteiger partial charge in [0.1, 0.15) is 11.4 Å². The average Bonchev–Trinajstić information content (AvgIpc) is 3.02. The van der Waals surface area contributed by atoms with Gasteiger partial charge in [-0.3, -0.25) is 4.79 Å². The Labute approximate surface area is 109 Å². The van der Waals surface area contributed by atoms with Gasteiger partial charge < -0.3 is 9.64 Å². The van der Waals surface area contributed by atoms with Crippen LogP contribution in [0.1, 0.15) is 46.5 Å². The van der Waals surface area contributed by atoms with Crippen molar-refractivity contribution in [2.75, 3.05) is 13.1 Å². The van der Waals surface area contributed by atoms with Gasteiger partial charge in [-0.2, -0.15) is 0 Å². The summed E-state index contributed by atoms with van der Waals surface area (Å²) in [4.78, 5) is 25.5. The van der Waals surface area contributed by atoms with Crippen LogP contribution in [0.15, 0.2) is 0 Å². The van der Waals surface area contributed by atoms with Gasteiger partial charge in [0, 0.05) is 25.4 Å². The van der Waals surface area contributed by atoms with Crippen LogP contribution in [0.4, 0.5) is 4.79 Å². The number of piperidine rings is 1. The first kappa shape index (κ1) is 13.4. The number of nitrogens with zero attached hydrogens (tertiary/aromatic N) is 1. The summed E-state index contributed by atoms with van der Waals surface area (Å²) in [7, 11) is 0. The van der Waals surface area contributed by atoms with Gasteiger partial charge >= 0.3 is 6.09 Å². The molecule has 1 saturated heterocycles. The maximum absolute atomic E-state index is 12.0. The molecule has 2 aliphatic rings. The lowest BCUT2D eigenvalue weighted by molar-refractivity contribution is -0.126. The Morgan fingerprint density at radius 2 is 2.06 bits per heavy atom. The van der Waals surface area contributed by atoms with Crippen molar-refractivity contribution in [2.45, 2.75) is 52.1 Å². The molecule has 1 atom stereocenters. The summed E-state index contributed by atoms with van der Waals surface area (Å²) in [6.45, 7) is 6.64. The predicted molar refractivity (Wildman–Crippen MR) is 68.3 cm³/mol. The first-order valence-electron chi connectivity index (χ1n) is 6.86. The molecule has 1 aliphatic heterocycles. The number of carbonyl (C=O) groups is 2. The SMILES string of the molecule is CC(C)(C)OC(=O)N1CCC(=O)C(CC2CC2)C1. The Hall–Kier alpha value is -1.06. The number of likely N-dealkylation sites (tertiary alicyclic amines) is 1. The van der Waals surface area contributed by atoms with Crippen molar-refractivity contribution in [2.24, 2.45) is 11.8 Å². The van der Waals surface area contributed by atoms with Crippen molar-refractivity contribution >= 4 is 11.9 Å². The Kier molecular flexibility index (Phi) is 3.64. The van der Waals surface area contributed by atoms with E-state index in [2.05, 4.69) is 0 Å². The molecule has 1 amide bonds. The molecule has 0 N–H and O–H groups in total. The number of Topliss-reactive ketones (excluding diaryl/α,β-unsaturated/α-hetero) is 1. The van der Waals surface area contributed by atoms with E-state index in [1.807, 2.05) is 20.8 Å². The molecule has 18 heavy (non-hydrogen) atoms. The second kappa shape index (κ2) is 4.90. The summed E-state index contributed by atoms with van der Waals surface area (Å²) < 4.78 is 5.36. The van der Waals surface area contributed by atoms with Crippen LogP contribution in [0.2, 0.25) is 0 Å². The first-order valence-corrected chi connectivity index (χ1v) is 6.86. The van der Waals surface area contributed by atoms with Gasteiger partial charge in [0.2, 0.25) is 0 Å². The fraction of sp³-hybridized carbons (Fsp3) is 0.857. The highest BCUT2D eigenvalue weighted by Crippen LogP contribution is 2.37. The van der Waals surface area contributed by atoms with Crippen molar-refractivity contribution in [1.29, 1.82) is 0 Å². The minimum absolute atomic E-state index is 0.0405. The maximum atomic E-state index is 12.0. The van der Waals surface area contributed by atoms with Gasteiger partial charge in [-0.15, -0.1) is 0 Å². The quantitative estimate of drug-likeness (QED) is 0.760. The van der Waals surface area contributed by atoms with Gasteiger partial charge in [-0.05, 0) is 33.1 Å². The van der Waals surface area contributed by atoms with E-state index in [4.69, 9.17) is 4.74 Å². The Balaban J connectivity index is 1.89. The lowest BCUT2D eigenvalue weighted by atomic mass is 9.91. The van der Waals surface area contributed by atoms with Crippen molar-refractivity contribution in [3.8, 4) is 0 Å². The van der Waals surface area contributed by atoms with E-state index in [0.717, 1.165) is 12.3 Å². The lowest BCUT2D eigenvalue weighted by Crippen LogP contribution is -2.46. The molecule has 1 heterocycles. The summed E-state index contributed by atoms with van der Waals surface area (Å²) in [5.74, 6) is 1.08. The summed E-state index contributed by atoms with van der Waals surface area (Å²) in [5.41, 5.74) is -0.468. The summed E-state index contributed by atoms with van der Waals surface area (Å²) in [6.07, 6.45) is 3.65. The molecule has 0 radical (unpaired) electrons. The molecule has 4 heteroatoms. The van der Waals surface area contributed by atoms with E-state index < -0.39 is 5.60 Å². The highest BCUT2D eigenvalue weighted by atomic mass is 16.6. The Bertz CT molecular complexity index is 341. The normalized spacial score (nSPS) is 25.2. The third kappa shape index (κ3) is 3.72. The number of hydrogen-bond donors (Lipinski definition) is 0. The number of amides is 1. The fourth-order valence-electron chi connectivity index (χ4n) is 2.36. The molecule has 1 aliphatic carbocycles. The molecule has 0 spiro atoms. The van der Waals surface area contributed by atoms with E-state index in [-0.39, 0.29) is 12.0 Å². The van der Waals surface area contributed by atoms with E-state index in [0.29, 0.717) is 25.3 Å². The summed E-state index contributed by atoms with van der Waals surface area (Å²) in [6, 6.07) is 0. The van der Waals surface area contributed by atoms with Crippen LogP contribution in [0.25, 0.3) is 0 Å².